The van der Waals surface area contributed by atoms with E-state index >= 15 is 0 Å². The lowest BCUT2D eigenvalue weighted by molar-refractivity contribution is 1.22. The standard InChI is InChI=1S/C6H5ClN4S/c1-2-9-3-4(8)10-6(7)11-5(3)12-2/h1H3,(H2,8,10,11). The van der Waals surface area contributed by atoms with E-state index in [-0.39, 0.29) is 5.28 Å². The second kappa shape index (κ2) is 2.53. The SMILES string of the molecule is Cc1nc2c(N)nc(Cl)nc2s1. The molecule has 2 aromatic rings. The van der Waals surface area contributed by atoms with Gasteiger partial charge in [-0.2, -0.15) is 4.98 Å². The lowest BCUT2D eigenvalue weighted by atomic mass is 10.5. The summed E-state index contributed by atoms with van der Waals surface area (Å²) in [7, 11) is 0. The van der Waals surface area contributed by atoms with E-state index in [2.05, 4.69) is 15.0 Å². The number of aromatic nitrogens is 3. The van der Waals surface area contributed by atoms with Crippen molar-refractivity contribution in [1.29, 1.82) is 0 Å². The number of nitrogens with zero attached hydrogens (tertiary/aromatic N) is 3. The molecule has 12 heavy (non-hydrogen) atoms. The summed E-state index contributed by atoms with van der Waals surface area (Å²) in [6.45, 7) is 1.89. The van der Waals surface area contributed by atoms with Gasteiger partial charge in [-0.3, -0.25) is 0 Å². The summed E-state index contributed by atoms with van der Waals surface area (Å²) in [4.78, 5) is 12.7. The number of fused-ring (bicyclic) bond motifs is 1. The molecule has 2 rings (SSSR count). The maximum atomic E-state index is 5.61. The van der Waals surface area contributed by atoms with Crippen LogP contribution < -0.4 is 5.73 Å². The average Bonchev–Trinajstić information content (AvgIpc) is 2.29. The van der Waals surface area contributed by atoms with E-state index in [9.17, 15) is 0 Å². The normalized spacial score (nSPS) is 10.8. The highest BCUT2D eigenvalue weighted by Gasteiger charge is 2.07. The Morgan fingerprint density at radius 3 is 2.83 bits per heavy atom. The van der Waals surface area contributed by atoms with Gasteiger partial charge in [0.05, 0.1) is 5.01 Å². The first-order valence-electron chi connectivity index (χ1n) is 3.23. The van der Waals surface area contributed by atoms with Crippen LogP contribution in [-0.2, 0) is 0 Å². The third-order valence-corrected chi connectivity index (χ3v) is 2.40. The van der Waals surface area contributed by atoms with E-state index in [4.69, 9.17) is 17.3 Å². The van der Waals surface area contributed by atoms with Gasteiger partial charge in [0.15, 0.2) is 10.6 Å². The Kier molecular flexibility index (Phi) is 1.62. The molecule has 62 valence electrons. The maximum absolute atomic E-state index is 5.61. The van der Waals surface area contributed by atoms with E-state index in [1.165, 1.54) is 11.3 Å². The lowest BCUT2D eigenvalue weighted by Crippen LogP contribution is -1.93. The molecule has 6 heteroatoms. The van der Waals surface area contributed by atoms with Crippen LogP contribution in [0.25, 0.3) is 10.3 Å². The predicted molar refractivity (Wildman–Crippen MR) is 49.4 cm³/mol. The van der Waals surface area contributed by atoms with E-state index in [1.54, 1.807) is 0 Å². The highest BCUT2D eigenvalue weighted by atomic mass is 35.5. The summed E-state index contributed by atoms with van der Waals surface area (Å²) in [6.07, 6.45) is 0. The fourth-order valence-electron chi connectivity index (χ4n) is 0.920. The maximum Gasteiger partial charge on any atom is 0.225 e. The Balaban J connectivity index is 2.88. The van der Waals surface area contributed by atoms with Crippen LogP contribution in [0.2, 0.25) is 5.28 Å². The molecule has 0 aliphatic rings. The van der Waals surface area contributed by atoms with Gasteiger partial charge >= 0.3 is 0 Å². The quantitative estimate of drug-likeness (QED) is 0.657. The topological polar surface area (TPSA) is 64.7 Å². The van der Waals surface area contributed by atoms with Crippen LogP contribution in [0.15, 0.2) is 0 Å². The largest absolute Gasteiger partial charge is 0.382 e. The molecule has 0 radical (unpaired) electrons. The minimum absolute atomic E-state index is 0.170. The molecule has 0 atom stereocenters. The van der Waals surface area contributed by atoms with Gasteiger partial charge in [0.2, 0.25) is 5.28 Å². The van der Waals surface area contributed by atoms with Crippen molar-refractivity contribution in [3.05, 3.63) is 10.3 Å². The number of rotatable bonds is 0. The fraction of sp³-hybridized carbons (Fsp3) is 0.167. The van der Waals surface area contributed by atoms with Crippen LogP contribution in [0, 0.1) is 6.92 Å². The van der Waals surface area contributed by atoms with Crippen LogP contribution in [0.4, 0.5) is 5.82 Å². The molecule has 0 bridgehead atoms. The van der Waals surface area contributed by atoms with Crippen molar-refractivity contribution in [2.75, 3.05) is 5.73 Å². The van der Waals surface area contributed by atoms with Crippen molar-refractivity contribution in [3.63, 3.8) is 0 Å². The highest BCUT2D eigenvalue weighted by molar-refractivity contribution is 7.18. The third kappa shape index (κ3) is 1.11. The number of nitrogen functional groups attached to an aromatic ring is 1. The van der Waals surface area contributed by atoms with Gasteiger partial charge in [0.1, 0.15) is 5.52 Å². The van der Waals surface area contributed by atoms with Crippen LogP contribution >= 0.6 is 22.9 Å². The number of thiazole rings is 1. The molecule has 2 N–H and O–H groups in total. The van der Waals surface area contributed by atoms with E-state index in [1.807, 2.05) is 6.92 Å². The van der Waals surface area contributed by atoms with Crippen LogP contribution in [0.1, 0.15) is 5.01 Å². The van der Waals surface area contributed by atoms with Crippen molar-refractivity contribution in [3.8, 4) is 0 Å². The third-order valence-electron chi connectivity index (χ3n) is 1.37. The fourth-order valence-corrected chi connectivity index (χ4v) is 1.94. The van der Waals surface area contributed by atoms with Gasteiger partial charge < -0.3 is 5.73 Å². The summed E-state index contributed by atoms with van der Waals surface area (Å²) >= 11 is 7.06. The van der Waals surface area contributed by atoms with Crippen molar-refractivity contribution in [2.24, 2.45) is 0 Å². The Labute approximate surface area is 77.4 Å². The molecule has 2 aromatic heterocycles. The van der Waals surface area contributed by atoms with Crippen LogP contribution in [0.3, 0.4) is 0 Å². The first-order valence-corrected chi connectivity index (χ1v) is 4.42. The van der Waals surface area contributed by atoms with Gasteiger partial charge in [-0.25, -0.2) is 9.97 Å². The van der Waals surface area contributed by atoms with Crippen LogP contribution in [-0.4, -0.2) is 15.0 Å². The number of halogens is 1. The van der Waals surface area contributed by atoms with Crippen molar-refractivity contribution in [1.82, 2.24) is 15.0 Å². The molecule has 0 spiro atoms. The first kappa shape index (κ1) is 7.70. The Bertz CT molecular complexity index is 438. The van der Waals surface area contributed by atoms with Gasteiger partial charge in [0, 0.05) is 0 Å². The summed E-state index contributed by atoms with van der Waals surface area (Å²) in [5.41, 5.74) is 6.22. The van der Waals surface area contributed by atoms with Gasteiger partial charge in [0.25, 0.3) is 0 Å². The molecule has 0 aliphatic carbocycles. The number of hydrogen-bond acceptors (Lipinski definition) is 5. The van der Waals surface area contributed by atoms with E-state index < -0.39 is 0 Å². The zero-order chi connectivity index (χ0) is 8.72. The van der Waals surface area contributed by atoms with Crippen LogP contribution in [0.5, 0.6) is 0 Å². The zero-order valence-corrected chi connectivity index (χ0v) is 7.78. The highest BCUT2D eigenvalue weighted by Crippen LogP contribution is 2.24. The molecular formula is C6H5ClN4S. The van der Waals surface area contributed by atoms with Crippen molar-refractivity contribution >= 4 is 39.1 Å². The molecule has 0 aromatic carbocycles. The summed E-state index contributed by atoms with van der Waals surface area (Å²) in [6, 6.07) is 0. The molecule has 2 heterocycles. The summed E-state index contributed by atoms with van der Waals surface area (Å²) < 4.78 is 0. The van der Waals surface area contributed by atoms with Gasteiger partial charge in [-0.1, -0.05) is 11.3 Å². The molecule has 0 amide bonds. The van der Waals surface area contributed by atoms with Crippen molar-refractivity contribution in [2.45, 2.75) is 6.92 Å². The molecule has 0 saturated heterocycles. The Morgan fingerprint density at radius 1 is 1.33 bits per heavy atom. The number of aryl methyl sites for hydroxylation is 1. The summed E-state index contributed by atoms with van der Waals surface area (Å²) in [5.74, 6) is 0.342. The Hall–Kier alpha value is -0.940. The van der Waals surface area contributed by atoms with Crippen molar-refractivity contribution < 1.29 is 0 Å². The second-order valence-electron chi connectivity index (χ2n) is 2.26. The van der Waals surface area contributed by atoms with Gasteiger partial charge in [-0.15, -0.1) is 0 Å². The average molecular weight is 201 g/mol. The van der Waals surface area contributed by atoms with E-state index in [0.29, 0.717) is 11.3 Å². The number of hydrogen-bond donors (Lipinski definition) is 1. The molecule has 0 saturated carbocycles. The van der Waals surface area contributed by atoms with Gasteiger partial charge in [-0.05, 0) is 18.5 Å². The molecule has 4 nitrogen and oxygen atoms in total. The molecular weight excluding hydrogens is 196 g/mol. The Morgan fingerprint density at radius 2 is 2.08 bits per heavy atom. The second-order valence-corrected chi connectivity index (χ2v) is 3.78. The summed E-state index contributed by atoms with van der Waals surface area (Å²) in [5, 5.41) is 1.08. The first-order chi connectivity index (χ1) is 5.66. The molecule has 0 unspecified atom stereocenters. The monoisotopic (exact) mass is 200 g/mol. The smallest absolute Gasteiger partial charge is 0.225 e. The number of nitrogens with two attached hydrogens (primary N) is 1. The molecule has 0 fully saturated rings. The minimum atomic E-state index is 0.170. The number of anilines is 1. The van der Waals surface area contributed by atoms with E-state index in [0.717, 1.165) is 9.84 Å². The predicted octanol–water partition coefficient (Wildman–Crippen LogP) is 1.63. The lowest BCUT2D eigenvalue weighted by Gasteiger charge is -1.92. The minimum Gasteiger partial charge on any atom is -0.382 e. The molecule has 0 aliphatic heterocycles. The zero-order valence-electron chi connectivity index (χ0n) is 6.21.